The lowest BCUT2D eigenvalue weighted by molar-refractivity contribution is -0.135. The van der Waals surface area contributed by atoms with Crippen LogP contribution >= 0.6 is 11.3 Å². The number of rotatable bonds is 5. The number of hydrogen-bond donors (Lipinski definition) is 1. The number of para-hydroxylation sites is 1. The molecule has 0 aliphatic carbocycles. The monoisotopic (exact) mass is 375 g/mol. The Kier molecular flexibility index (Phi) is 4.60. The Morgan fingerprint density at radius 3 is 2.67 bits per heavy atom. The molecule has 0 aliphatic rings. The van der Waals surface area contributed by atoms with E-state index in [2.05, 4.69) is 4.98 Å². The summed E-state index contributed by atoms with van der Waals surface area (Å²) >= 11 is 1.50. The average Bonchev–Trinajstić information content (AvgIpc) is 3.11. The van der Waals surface area contributed by atoms with E-state index in [0.29, 0.717) is 16.3 Å². The minimum Gasteiger partial charge on any atom is -0.496 e. The molecular formula is C22H17NO3S. The van der Waals surface area contributed by atoms with E-state index in [9.17, 15) is 9.90 Å². The average molecular weight is 375 g/mol. The van der Waals surface area contributed by atoms with Crippen molar-refractivity contribution in [1.29, 1.82) is 0 Å². The van der Waals surface area contributed by atoms with Crippen molar-refractivity contribution in [1.82, 2.24) is 4.98 Å². The second-order valence-corrected chi connectivity index (χ2v) is 7.16. The Hall–Kier alpha value is -3.18. The summed E-state index contributed by atoms with van der Waals surface area (Å²) in [5.41, 5.74) is 2.41. The lowest BCUT2D eigenvalue weighted by Crippen LogP contribution is -1.98. The molecular weight excluding hydrogens is 358 g/mol. The molecule has 0 saturated carbocycles. The van der Waals surface area contributed by atoms with E-state index in [1.807, 2.05) is 66.7 Å². The molecule has 1 N–H and O–H groups in total. The molecule has 4 nitrogen and oxygen atoms in total. The van der Waals surface area contributed by atoms with Crippen LogP contribution in [0.15, 0.2) is 60.7 Å². The molecule has 0 spiro atoms. The zero-order chi connectivity index (χ0) is 18.8. The standard InChI is InChI=1S/C22H17NO3S/c1-26-19-11-10-14-6-2-3-7-16(14)17(19)12-15(13-21(24)25)22-23-18-8-4-5-9-20(18)27-22/h2-12H,13H2,1H3,(H,24,25). The van der Waals surface area contributed by atoms with Crippen molar-refractivity contribution in [2.24, 2.45) is 0 Å². The number of aromatic nitrogens is 1. The molecule has 0 fully saturated rings. The van der Waals surface area contributed by atoms with Gasteiger partial charge >= 0.3 is 5.97 Å². The first-order valence-electron chi connectivity index (χ1n) is 8.50. The highest BCUT2D eigenvalue weighted by Gasteiger charge is 2.15. The molecule has 0 amide bonds. The fourth-order valence-corrected chi connectivity index (χ4v) is 4.12. The van der Waals surface area contributed by atoms with E-state index < -0.39 is 5.97 Å². The van der Waals surface area contributed by atoms with Crippen LogP contribution in [0, 0.1) is 0 Å². The second-order valence-electron chi connectivity index (χ2n) is 6.13. The Morgan fingerprint density at radius 2 is 1.89 bits per heavy atom. The number of nitrogens with zero attached hydrogens (tertiary/aromatic N) is 1. The summed E-state index contributed by atoms with van der Waals surface area (Å²) in [5, 5.41) is 12.2. The van der Waals surface area contributed by atoms with Gasteiger partial charge in [0.25, 0.3) is 0 Å². The van der Waals surface area contributed by atoms with E-state index in [1.165, 1.54) is 11.3 Å². The maximum absolute atomic E-state index is 11.5. The fourth-order valence-electron chi connectivity index (χ4n) is 3.14. The summed E-state index contributed by atoms with van der Waals surface area (Å²) in [6.07, 6.45) is 1.79. The molecule has 0 unspecified atom stereocenters. The number of carbonyl (C=O) groups is 1. The van der Waals surface area contributed by atoms with Crippen LogP contribution in [0.2, 0.25) is 0 Å². The molecule has 0 saturated heterocycles. The molecule has 27 heavy (non-hydrogen) atoms. The van der Waals surface area contributed by atoms with Crippen molar-refractivity contribution < 1.29 is 14.6 Å². The van der Waals surface area contributed by atoms with E-state index in [4.69, 9.17) is 4.74 Å². The van der Waals surface area contributed by atoms with Gasteiger partial charge in [-0.25, -0.2) is 4.98 Å². The van der Waals surface area contributed by atoms with Crippen LogP contribution in [0.4, 0.5) is 0 Å². The van der Waals surface area contributed by atoms with Crippen LogP contribution in [-0.2, 0) is 4.79 Å². The molecule has 0 bridgehead atoms. The highest BCUT2D eigenvalue weighted by Crippen LogP contribution is 2.35. The molecule has 1 heterocycles. The first kappa shape index (κ1) is 17.2. The second kappa shape index (κ2) is 7.21. The van der Waals surface area contributed by atoms with Crippen LogP contribution in [0.1, 0.15) is 17.0 Å². The number of carboxylic acids is 1. The van der Waals surface area contributed by atoms with Crippen molar-refractivity contribution in [2.75, 3.05) is 7.11 Å². The molecule has 4 rings (SSSR count). The zero-order valence-electron chi connectivity index (χ0n) is 14.7. The summed E-state index contributed by atoms with van der Waals surface area (Å²) in [6, 6.07) is 19.7. The first-order valence-corrected chi connectivity index (χ1v) is 9.31. The van der Waals surface area contributed by atoms with Gasteiger partial charge in [-0.15, -0.1) is 11.3 Å². The highest BCUT2D eigenvalue weighted by atomic mass is 32.1. The molecule has 3 aromatic carbocycles. The number of hydrogen-bond acceptors (Lipinski definition) is 4. The van der Waals surface area contributed by atoms with Gasteiger partial charge in [0, 0.05) is 5.56 Å². The molecule has 134 valence electrons. The van der Waals surface area contributed by atoms with E-state index in [1.54, 1.807) is 7.11 Å². The third-order valence-electron chi connectivity index (χ3n) is 4.38. The van der Waals surface area contributed by atoms with Crippen molar-refractivity contribution in [3.63, 3.8) is 0 Å². The summed E-state index contributed by atoms with van der Waals surface area (Å²) in [4.78, 5) is 16.2. The highest BCUT2D eigenvalue weighted by molar-refractivity contribution is 7.19. The van der Waals surface area contributed by atoms with Crippen LogP contribution < -0.4 is 4.74 Å². The van der Waals surface area contributed by atoms with Gasteiger partial charge in [-0.1, -0.05) is 42.5 Å². The molecule has 0 radical (unpaired) electrons. The van der Waals surface area contributed by atoms with Crippen molar-refractivity contribution >= 4 is 49.9 Å². The lowest BCUT2D eigenvalue weighted by atomic mass is 10.0. The molecule has 0 aliphatic heterocycles. The summed E-state index contributed by atoms with van der Waals surface area (Å²) in [5.74, 6) is -0.183. The van der Waals surface area contributed by atoms with Gasteiger partial charge in [-0.3, -0.25) is 4.79 Å². The quantitative estimate of drug-likeness (QED) is 0.502. The Bertz CT molecular complexity index is 1140. The fraction of sp³-hybridized carbons (Fsp3) is 0.0909. The molecule has 0 atom stereocenters. The number of methoxy groups -OCH3 is 1. The summed E-state index contributed by atoms with van der Waals surface area (Å²) < 4.78 is 6.58. The summed E-state index contributed by atoms with van der Waals surface area (Å²) in [7, 11) is 1.62. The maximum atomic E-state index is 11.5. The van der Waals surface area contributed by atoms with Gasteiger partial charge in [0.15, 0.2) is 0 Å². The van der Waals surface area contributed by atoms with Crippen molar-refractivity contribution in [2.45, 2.75) is 6.42 Å². The Labute approximate surface area is 160 Å². The lowest BCUT2D eigenvalue weighted by Gasteiger charge is -2.10. The minimum atomic E-state index is -0.889. The largest absolute Gasteiger partial charge is 0.496 e. The maximum Gasteiger partial charge on any atom is 0.307 e. The van der Waals surface area contributed by atoms with E-state index in [-0.39, 0.29) is 6.42 Å². The molecule has 1 aromatic heterocycles. The Balaban J connectivity index is 1.94. The van der Waals surface area contributed by atoms with Gasteiger partial charge in [0.05, 0.1) is 23.7 Å². The number of fused-ring (bicyclic) bond motifs is 2. The molecule has 4 aromatic rings. The number of aliphatic carboxylic acids is 1. The minimum absolute atomic E-state index is 0.105. The van der Waals surface area contributed by atoms with Gasteiger partial charge in [0.1, 0.15) is 10.8 Å². The van der Waals surface area contributed by atoms with E-state index >= 15 is 0 Å². The van der Waals surface area contributed by atoms with Gasteiger partial charge in [-0.2, -0.15) is 0 Å². The third kappa shape index (κ3) is 3.41. The number of carboxylic acid groups (broad SMARTS) is 1. The van der Waals surface area contributed by atoms with E-state index in [0.717, 1.165) is 26.6 Å². The SMILES string of the molecule is COc1ccc2ccccc2c1C=C(CC(=O)O)c1nc2ccccc2s1. The third-order valence-corrected chi connectivity index (χ3v) is 5.49. The van der Waals surface area contributed by atoms with Crippen molar-refractivity contribution in [3.8, 4) is 5.75 Å². The smallest absolute Gasteiger partial charge is 0.307 e. The predicted octanol–water partition coefficient (Wildman–Crippen LogP) is 5.47. The van der Waals surface area contributed by atoms with Crippen molar-refractivity contribution in [3.05, 3.63) is 71.2 Å². The zero-order valence-corrected chi connectivity index (χ0v) is 15.5. The number of benzene rings is 3. The predicted molar refractivity (Wildman–Crippen MR) is 110 cm³/mol. The topological polar surface area (TPSA) is 59.4 Å². The van der Waals surface area contributed by atoms with Gasteiger partial charge < -0.3 is 9.84 Å². The first-order chi connectivity index (χ1) is 13.2. The Morgan fingerprint density at radius 1 is 1.11 bits per heavy atom. The normalized spacial score (nSPS) is 11.8. The van der Waals surface area contributed by atoms with Crippen LogP contribution in [0.3, 0.4) is 0 Å². The van der Waals surface area contributed by atoms with Gasteiger partial charge in [0.2, 0.25) is 0 Å². The summed E-state index contributed by atoms with van der Waals surface area (Å²) in [6.45, 7) is 0. The van der Waals surface area contributed by atoms with Crippen LogP contribution in [0.5, 0.6) is 5.75 Å². The van der Waals surface area contributed by atoms with Crippen LogP contribution in [0.25, 0.3) is 32.6 Å². The number of thiazole rings is 1. The molecule has 5 heteroatoms. The number of ether oxygens (including phenoxy) is 1. The van der Waals surface area contributed by atoms with Gasteiger partial charge in [-0.05, 0) is 40.6 Å². The van der Waals surface area contributed by atoms with Crippen LogP contribution in [-0.4, -0.2) is 23.2 Å².